The van der Waals surface area contributed by atoms with Gasteiger partial charge in [0.2, 0.25) is 5.78 Å². The molecule has 1 heterocycles. The first-order valence-corrected chi connectivity index (χ1v) is 5.55. The van der Waals surface area contributed by atoms with Gasteiger partial charge in [-0.2, -0.15) is 0 Å². The SMILES string of the molecule is CC(=O)[C@]1(C)O[C@@]12C=Cc1ccccc1C2=O. The normalized spacial score (nSPS) is 33.6. The van der Waals surface area contributed by atoms with Gasteiger partial charge in [0.05, 0.1) is 0 Å². The fourth-order valence-electron chi connectivity index (χ4n) is 2.42. The minimum absolute atomic E-state index is 0.116. The van der Waals surface area contributed by atoms with E-state index < -0.39 is 11.2 Å². The van der Waals surface area contributed by atoms with Crippen LogP contribution in [0, 0.1) is 0 Å². The third-order valence-corrected chi connectivity index (χ3v) is 3.74. The monoisotopic (exact) mass is 228 g/mol. The van der Waals surface area contributed by atoms with Crippen LogP contribution in [0.25, 0.3) is 6.08 Å². The van der Waals surface area contributed by atoms with Crippen LogP contribution in [0.3, 0.4) is 0 Å². The minimum atomic E-state index is -1.06. The molecule has 0 aromatic heterocycles. The summed E-state index contributed by atoms with van der Waals surface area (Å²) in [5, 5.41) is 0. The molecule has 0 saturated carbocycles. The van der Waals surface area contributed by atoms with Gasteiger partial charge in [0.15, 0.2) is 17.0 Å². The zero-order valence-corrected chi connectivity index (χ0v) is 9.69. The summed E-state index contributed by atoms with van der Waals surface area (Å²) in [6.45, 7) is 3.13. The highest BCUT2D eigenvalue weighted by Gasteiger charge is 2.73. The van der Waals surface area contributed by atoms with E-state index in [0.29, 0.717) is 5.56 Å². The Bertz CT molecular complexity index is 573. The van der Waals surface area contributed by atoms with Crippen LogP contribution >= 0.6 is 0 Å². The Kier molecular flexibility index (Phi) is 1.79. The Morgan fingerprint density at radius 2 is 2.00 bits per heavy atom. The zero-order chi connectivity index (χ0) is 12.3. The van der Waals surface area contributed by atoms with Crippen molar-refractivity contribution in [1.82, 2.24) is 0 Å². The highest BCUT2D eigenvalue weighted by molar-refractivity contribution is 6.16. The predicted octanol–water partition coefficient (Wildman–Crippen LogP) is 2.01. The van der Waals surface area contributed by atoms with Gasteiger partial charge >= 0.3 is 0 Å². The maximum absolute atomic E-state index is 12.4. The van der Waals surface area contributed by atoms with Crippen molar-refractivity contribution >= 4 is 17.6 Å². The summed E-state index contributed by atoms with van der Waals surface area (Å²) in [4.78, 5) is 23.9. The second-order valence-electron chi connectivity index (χ2n) is 4.68. The van der Waals surface area contributed by atoms with Crippen LogP contribution in [-0.4, -0.2) is 22.8 Å². The number of Topliss-reactive ketones (excluding diaryl/α,β-unsaturated/α-hetero) is 2. The molecule has 0 N–H and O–H groups in total. The number of ketones is 2. The van der Waals surface area contributed by atoms with Crippen LogP contribution in [0.4, 0.5) is 0 Å². The molecule has 1 fully saturated rings. The molecule has 2 atom stereocenters. The quantitative estimate of drug-likeness (QED) is 0.691. The summed E-state index contributed by atoms with van der Waals surface area (Å²) < 4.78 is 5.48. The van der Waals surface area contributed by atoms with Crippen LogP contribution in [0.5, 0.6) is 0 Å². The summed E-state index contributed by atoms with van der Waals surface area (Å²) in [6, 6.07) is 7.35. The number of ether oxygens (including phenoxy) is 1. The highest BCUT2D eigenvalue weighted by Crippen LogP contribution is 2.53. The van der Waals surface area contributed by atoms with Crippen LogP contribution in [0.15, 0.2) is 30.3 Å². The molecule has 0 unspecified atom stereocenters. The Morgan fingerprint density at radius 1 is 1.29 bits per heavy atom. The fraction of sp³-hybridized carbons (Fsp3) is 0.286. The van der Waals surface area contributed by atoms with Gasteiger partial charge in [-0.05, 0) is 25.5 Å². The predicted molar refractivity (Wildman–Crippen MR) is 62.7 cm³/mol. The van der Waals surface area contributed by atoms with E-state index >= 15 is 0 Å². The third kappa shape index (κ3) is 1.09. The summed E-state index contributed by atoms with van der Waals surface area (Å²) in [7, 11) is 0. The molecule has 0 amide bonds. The number of rotatable bonds is 1. The summed E-state index contributed by atoms with van der Waals surface area (Å²) in [6.07, 6.45) is 3.56. The second kappa shape index (κ2) is 2.93. The van der Waals surface area contributed by atoms with Crippen molar-refractivity contribution < 1.29 is 14.3 Å². The number of hydrogen-bond acceptors (Lipinski definition) is 3. The van der Waals surface area contributed by atoms with Crippen LogP contribution < -0.4 is 0 Å². The number of fused-ring (bicyclic) bond motifs is 1. The fourth-order valence-corrected chi connectivity index (χ4v) is 2.42. The lowest BCUT2D eigenvalue weighted by molar-refractivity contribution is -0.121. The molecular weight excluding hydrogens is 216 g/mol. The van der Waals surface area contributed by atoms with E-state index in [2.05, 4.69) is 0 Å². The molecule has 3 rings (SSSR count). The van der Waals surface area contributed by atoms with E-state index in [-0.39, 0.29) is 11.6 Å². The average Bonchev–Trinajstić information content (AvgIpc) is 2.93. The molecule has 1 aromatic rings. The van der Waals surface area contributed by atoms with E-state index in [9.17, 15) is 9.59 Å². The van der Waals surface area contributed by atoms with Crippen molar-refractivity contribution in [2.24, 2.45) is 0 Å². The Morgan fingerprint density at radius 3 is 2.65 bits per heavy atom. The molecule has 1 spiro atoms. The minimum Gasteiger partial charge on any atom is -0.341 e. The molecule has 1 aliphatic heterocycles. The lowest BCUT2D eigenvalue weighted by Crippen LogP contribution is -2.36. The average molecular weight is 228 g/mol. The van der Waals surface area contributed by atoms with E-state index in [1.165, 1.54) is 6.92 Å². The van der Waals surface area contributed by atoms with Gasteiger partial charge in [0.25, 0.3) is 0 Å². The van der Waals surface area contributed by atoms with Crippen molar-refractivity contribution in [3.8, 4) is 0 Å². The third-order valence-electron chi connectivity index (χ3n) is 3.74. The summed E-state index contributed by atoms with van der Waals surface area (Å²) >= 11 is 0. The van der Waals surface area contributed by atoms with E-state index in [1.807, 2.05) is 24.3 Å². The highest BCUT2D eigenvalue weighted by atomic mass is 16.6. The van der Waals surface area contributed by atoms with Crippen LogP contribution in [0.1, 0.15) is 29.8 Å². The molecular formula is C14H12O3. The number of hydrogen-bond donors (Lipinski definition) is 0. The number of benzene rings is 1. The molecule has 0 radical (unpaired) electrons. The van der Waals surface area contributed by atoms with Gasteiger partial charge in [-0.15, -0.1) is 0 Å². The molecule has 3 heteroatoms. The van der Waals surface area contributed by atoms with Crippen molar-refractivity contribution in [2.75, 3.05) is 0 Å². The van der Waals surface area contributed by atoms with Crippen molar-refractivity contribution in [1.29, 1.82) is 0 Å². The standard InChI is InChI=1S/C14H12O3/c1-9(15)13(2)14(17-13)8-7-10-5-3-4-6-11(10)12(14)16/h3-8H,1-2H3/t13-,14+/m0/s1. The van der Waals surface area contributed by atoms with Crippen molar-refractivity contribution in [3.05, 3.63) is 41.5 Å². The molecule has 1 aliphatic carbocycles. The molecule has 17 heavy (non-hydrogen) atoms. The maximum atomic E-state index is 12.4. The lowest BCUT2D eigenvalue weighted by atomic mass is 9.80. The van der Waals surface area contributed by atoms with E-state index in [0.717, 1.165) is 5.56 Å². The smallest absolute Gasteiger partial charge is 0.202 e. The number of carbonyl (C=O) groups excluding carboxylic acids is 2. The van der Waals surface area contributed by atoms with E-state index in [4.69, 9.17) is 4.74 Å². The first-order valence-electron chi connectivity index (χ1n) is 5.55. The Hall–Kier alpha value is -1.74. The van der Waals surface area contributed by atoms with Gasteiger partial charge in [0.1, 0.15) is 0 Å². The van der Waals surface area contributed by atoms with Gasteiger partial charge in [-0.25, -0.2) is 0 Å². The topological polar surface area (TPSA) is 46.7 Å². The maximum Gasteiger partial charge on any atom is 0.202 e. The molecule has 1 saturated heterocycles. The second-order valence-corrected chi connectivity index (χ2v) is 4.68. The van der Waals surface area contributed by atoms with Gasteiger partial charge < -0.3 is 4.74 Å². The largest absolute Gasteiger partial charge is 0.341 e. The van der Waals surface area contributed by atoms with Gasteiger partial charge in [0, 0.05) is 5.56 Å². The van der Waals surface area contributed by atoms with Crippen molar-refractivity contribution in [2.45, 2.75) is 25.0 Å². The lowest BCUT2D eigenvalue weighted by Gasteiger charge is -2.16. The summed E-state index contributed by atoms with van der Waals surface area (Å²) in [5.41, 5.74) is -0.550. The number of epoxide rings is 1. The van der Waals surface area contributed by atoms with E-state index in [1.54, 1.807) is 19.1 Å². The number of carbonyl (C=O) groups is 2. The molecule has 1 aromatic carbocycles. The van der Waals surface area contributed by atoms with Gasteiger partial charge in [-0.3, -0.25) is 9.59 Å². The molecule has 3 nitrogen and oxygen atoms in total. The molecule has 2 aliphatic rings. The van der Waals surface area contributed by atoms with Crippen LogP contribution in [0.2, 0.25) is 0 Å². The Balaban J connectivity index is 2.11. The first-order chi connectivity index (χ1) is 8.01. The van der Waals surface area contributed by atoms with Crippen molar-refractivity contribution in [3.63, 3.8) is 0 Å². The first kappa shape index (κ1) is 10.4. The summed E-state index contributed by atoms with van der Waals surface area (Å²) in [5.74, 6) is -0.233. The molecule has 0 bridgehead atoms. The van der Waals surface area contributed by atoms with Crippen LogP contribution in [-0.2, 0) is 9.53 Å². The Labute approximate surface area is 99.1 Å². The molecule has 86 valence electrons. The van der Waals surface area contributed by atoms with Gasteiger partial charge in [-0.1, -0.05) is 30.3 Å². The zero-order valence-electron chi connectivity index (χ0n) is 9.69.